The molecule has 0 atom stereocenters. The number of nitriles is 1. The van der Waals surface area contributed by atoms with Gasteiger partial charge in [-0.2, -0.15) is 5.26 Å². The van der Waals surface area contributed by atoms with E-state index in [1.54, 1.807) is 0 Å². The van der Waals surface area contributed by atoms with Crippen molar-refractivity contribution in [1.82, 2.24) is 0 Å². The number of thioether (sulfide) groups is 1. The summed E-state index contributed by atoms with van der Waals surface area (Å²) in [5.74, 6) is 0. The number of nitrogens with zero attached hydrogens (tertiary/aromatic N) is 1. The third kappa shape index (κ3) is 3.80. The van der Waals surface area contributed by atoms with Gasteiger partial charge in [0.1, 0.15) is 5.40 Å². The van der Waals surface area contributed by atoms with Gasteiger partial charge in [-0.1, -0.05) is 0 Å². The molecule has 0 N–H and O–H groups in total. The van der Waals surface area contributed by atoms with E-state index in [0.29, 0.717) is 11.8 Å². The number of carbonyl (C=O) groups excluding carboxylic acids is 1. The van der Waals surface area contributed by atoms with Gasteiger partial charge in [0.25, 0.3) is 4.57 Å². The van der Waals surface area contributed by atoms with Crippen molar-refractivity contribution in [2.75, 3.05) is 0 Å². The maximum absolute atomic E-state index is 9.55. The Balaban J connectivity index is 3.13. The van der Waals surface area contributed by atoms with E-state index in [9.17, 15) is 4.79 Å². The Bertz CT molecular complexity index is 96.2. The van der Waals surface area contributed by atoms with Crippen LogP contribution in [-0.4, -0.2) is 4.57 Å². The van der Waals surface area contributed by atoms with Crippen molar-refractivity contribution in [3.8, 4) is 5.40 Å². The fourth-order valence-corrected chi connectivity index (χ4v) is 0.211. The number of rotatable bonds is 0. The van der Waals surface area contributed by atoms with Gasteiger partial charge in [0.05, 0.1) is 0 Å². The molecule has 0 radical (unpaired) electrons. The van der Waals surface area contributed by atoms with Crippen LogP contribution in [0.15, 0.2) is 0 Å². The lowest BCUT2D eigenvalue weighted by atomic mass is 11.8. The van der Waals surface area contributed by atoms with E-state index in [0.717, 1.165) is 0 Å². The van der Waals surface area contributed by atoms with Crippen LogP contribution in [0.25, 0.3) is 0 Å². The molecule has 0 aliphatic heterocycles. The van der Waals surface area contributed by atoms with Crippen molar-refractivity contribution >= 4 is 27.9 Å². The predicted molar refractivity (Wildman–Crippen MR) is 24.5 cm³/mol. The molecule has 0 rings (SSSR count). The molecule has 0 aliphatic carbocycles. The Morgan fingerprint density at radius 3 is 2.50 bits per heavy atom. The van der Waals surface area contributed by atoms with Gasteiger partial charge < -0.3 is 0 Å². The Labute approximate surface area is 44.1 Å². The second kappa shape index (κ2) is 3.01. The third-order valence-electron chi connectivity index (χ3n) is 0.126. The molecule has 0 aromatic rings. The minimum Gasteiger partial charge on any atom is -0.267 e. The minimum absolute atomic E-state index is 0.418. The summed E-state index contributed by atoms with van der Waals surface area (Å²) in [5, 5.41) is 9.15. The van der Waals surface area contributed by atoms with Crippen molar-refractivity contribution < 1.29 is 4.79 Å². The molecule has 0 heterocycles. The molecule has 0 aliphatic rings. The van der Waals surface area contributed by atoms with Crippen LogP contribution >= 0.6 is 23.4 Å². The molecular weight excluding hydrogens is 122 g/mol. The zero-order valence-corrected chi connectivity index (χ0v) is 4.21. The van der Waals surface area contributed by atoms with Gasteiger partial charge >= 0.3 is 0 Å². The van der Waals surface area contributed by atoms with E-state index in [2.05, 4.69) is 11.6 Å². The molecule has 4 heteroatoms. The summed E-state index contributed by atoms with van der Waals surface area (Å²) >= 11 is 5.10. The highest BCUT2D eigenvalue weighted by Crippen LogP contribution is 2.02. The fourth-order valence-electron chi connectivity index (χ4n) is 0.0359. The average Bonchev–Trinajstić information content (AvgIpc) is 1.35. The van der Waals surface area contributed by atoms with Crippen LogP contribution in [0.5, 0.6) is 0 Å². The van der Waals surface area contributed by atoms with Gasteiger partial charge in [-0.15, -0.1) is 0 Å². The number of halogens is 1. The monoisotopic (exact) mass is 121 g/mol. The van der Waals surface area contributed by atoms with Gasteiger partial charge in [-0.3, -0.25) is 4.79 Å². The van der Waals surface area contributed by atoms with E-state index < -0.39 is 4.57 Å². The molecule has 0 saturated carbocycles. The zero-order chi connectivity index (χ0) is 4.99. The van der Waals surface area contributed by atoms with Crippen LogP contribution in [0.2, 0.25) is 0 Å². The quantitative estimate of drug-likeness (QED) is 0.361. The van der Waals surface area contributed by atoms with Crippen molar-refractivity contribution in [1.29, 1.82) is 5.26 Å². The maximum atomic E-state index is 9.55. The lowest BCUT2D eigenvalue weighted by Crippen LogP contribution is -1.60. The van der Waals surface area contributed by atoms with E-state index in [1.807, 2.05) is 0 Å². The number of carbonyl (C=O) groups is 1. The summed E-state index contributed by atoms with van der Waals surface area (Å²) in [4.78, 5) is 9.55. The summed E-state index contributed by atoms with van der Waals surface area (Å²) in [6, 6.07) is 0. The first-order chi connectivity index (χ1) is 2.77. The van der Waals surface area contributed by atoms with Crippen LogP contribution in [0, 0.1) is 10.7 Å². The summed E-state index contributed by atoms with van der Waals surface area (Å²) in [5.41, 5.74) is 0. The van der Waals surface area contributed by atoms with E-state index in [1.165, 1.54) is 5.40 Å². The molecular formula is C2ClNOS. The van der Waals surface area contributed by atoms with Crippen LogP contribution in [0.3, 0.4) is 0 Å². The second-order valence-electron chi connectivity index (χ2n) is 0.431. The second-order valence-corrected chi connectivity index (χ2v) is 1.76. The van der Waals surface area contributed by atoms with E-state index >= 15 is 0 Å². The average molecular weight is 122 g/mol. The largest absolute Gasteiger partial charge is 0.294 e. The molecule has 0 fully saturated rings. The highest BCUT2D eigenvalue weighted by Gasteiger charge is 1.88. The Morgan fingerprint density at radius 2 is 2.50 bits per heavy atom. The SMILES string of the molecule is N#CSC(=O)Cl. The maximum Gasteiger partial charge on any atom is 0.294 e. The van der Waals surface area contributed by atoms with Crippen molar-refractivity contribution in [3.63, 3.8) is 0 Å². The van der Waals surface area contributed by atoms with Crippen molar-refractivity contribution in [2.24, 2.45) is 0 Å². The lowest BCUT2D eigenvalue weighted by molar-refractivity contribution is 0.276. The third-order valence-corrected chi connectivity index (χ3v) is 0.609. The van der Waals surface area contributed by atoms with Crippen molar-refractivity contribution in [2.45, 2.75) is 0 Å². The first-order valence-corrected chi connectivity index (χ1v) is 2.22. The Hall–Kier alpha value is -0.200. The van der Waals surface area contributed by atoms with Crippen molar-refractivity contribution in [3.05, 3.63) is 0 Å². The van der Waals surface area contributed by atoms with E-state index in [-0.39, 0.29) is 0 Å². The fraction of sp³-hybridized carbons (Fsp3) is 0. The van der Waals surface area contributed by atoms with Crippen LogP contribution in [0.4, 0.5) is 4.79 Å². The first-order valence-electron chi connectivity index (χ1n) is 1.02. The molecule has 0 amide bonds. The molecule has 0 unspecified atom stereocenters. The normalized spacial score (nSPS) is 6.67. The summed E-state index contributed by atoms with van der Waals surface area (Å²) in [7, 11) is 0. The zero-order valence-electron chi connectivity index (χ0n) is 2.64. The molecule has 32 valence electrons. The molecule has 0 bridgehead atoms. The molecule has 6 heavy (non-hydrogen) atoms. The Morgan fingerprint density at radius 1 is 2.00 bits per heavy atom. The standard InChI is InChI=1S/C2ClNOS/c3-2(5)6-1-4. The number of hydrogen-bond acceptors (Lipinski definition) is 3. The van der Waals surface area contributed by atoms with Gasteiger partial charge in [0.15, 0.2) is 0 Å². The highest BCUT2D eigenvalue weighted by molar-refractivity contribution is 8.20. The summed E-state index contributed by atoms with van der Waals surface area (Å²) in [6.45, 7) is 0. The van der Waals surface area contributed by atoms with Gasteiger partial charge in [-0.05, 0) is 11.6 Å². The van der Waals surface area contributed by atoms with Gasteiger partial charge in [0, 0.05) is 11.8 Å². The van der Waals surface area contributed by atoms with Crippen LogP contribution in [-0.2, 0) is 0 Å². The molecule has 0 aromatic heterocycles. The number of thiocyanates is 1. The smallest absolute Gasteiger partial charge is 0.267 e. The molecule has 0 saturated heterocycles. The van der Waals surface area contributed by atoms with Gasteiger partial charge in [0.2, 0.25) is 0 Å². The van der Waals surface area contributed by atoms with Crippen LogP contribution < -0.4 is 0 Å². The Kier molecular flexibility index (Phi) is 2.91. The molecule has 0 spiro atoms. The minimum atomic E-state index is -0.683. The highest BCUT2D eigenvalue weighted by atomic mass is 35.5. The number of hydrogen-bond donors (Lipinski definition) is 0. The van der Waals surface area contributed by atoms with Gasteiger partial charge in [-0.25, -0.2) is 0 Å². The first kappa shape index (κ1) is 5.80. The topological polar surface area (TPSA) is 40.9 Å². The lowest BCUT2D eigenvalue weighted by Gasteiger charge is -1.64. The van der Waals surface area contributed by atoms with Crippen LogP contribution in [0.1, 0.15) is 0 Å². The molecule has 0 aromatic carbocycles. The van der Waals surface area contributed by atoms with E-state index in [4.69, 9.17) is 5.26 Å². The summed E-state index contributed by atoms with van der Waals surface area (Å²) < 4.78 is -0.683. The molecule has 2 nitrogen and oxygen atoms in total. The predicted octanol–water partition coefficient (Wildman–Crippen LogP) is 1.56. The summed E-state index contributed by atoms with van der Waals surface area (Å²) in [6.07, 6.45) is 0.